The highest BCUT2D eigenvalue weighted by Gasteiger charge is 2.46. The Kier molecular flexibility index (Phi) is 7.54. The minimum absolute atomic E-state index is 0. The van der Waals surface area contributed by atoms with Crippen LogP contribution in [0.1, 0.15) is 28.8 Å². The van der Waals surface area contributed by atoms with Gasteiger partial charge in [-0.1, -0.05) is 0 Å². The topological polar surface area (TPSA) is 84.7 Å². The average molecular weight is 434 g/mol. The first-order chi connectivity index (χ1) is 13.3. The van der Waals surface area contributed by atoms with Crippen molar-refractivity contribution >= 4 is 24.2 Å². The van der Waals surface area contributed by atoms with Crippen molar-refractivity contribution in [3.05, 3.63) is 41.2 Å². The van der Waals surface area contributed by atoms with Gasteiger partial charge in [0, 0.05) is 43.1 Å². The summed E-state index contributed by atoms with van der Waals surface area (Å²) in [6.45, 7) is 0.239. The Morgan fingerprint density at radius 1 is 1.38 bits per heavy atom. The van der Waals surface area contributed by atoms with Gasteiger partial charge in [-0.05, 0) is 30.2 Å². The third kappa shape index (κ3) is 5.63. The summed E-state index contributed by atoms with van der Waals surface area (Å²) >= 11 is 0. The highest BCUT2D eigenvalue weighted by atomic mass is 35.5. The van der Waals surface area contributed by atoms with Crippen LogP contribution in [-0.2, 0) is 11.2 Å². The van der Waals surface area contributed by atoms with Crippen molar-refractivity contribution in [1.29, 1.82) is 0 Å². The molecule has 1 aliphatic heterocycles. The Morgan fingerprint density at radius 3 is 2.72 bits per heavy atom. The van der Waals surface area contributed by atoms with Crippen molar-refractivity contribution in [2.75, 3.05) is 26.2 Å². The Balaban J connectivity index is 0.00000300. The Bertz CT molecular complexity index is 796. The van der Waals surface area contributed by atoms with E-state index in [0.717, 1.165) is 5.56 Å². The third-order valence-corrected chi connectivity index (χ3v) is 4.88. The Labute approximate surface area is 172 Å². The molecule has 1 saturated carbocycles. The molecule has 1 heterocycles. The lowest BCUT2D eigenvalue weighted by molar-refractivity contribution is -0.129. The van der Waals surface area contributed by atoms with Crippen molar-refractivity contribution in [2.45, 2.75) is 31.2 Å². The highest BCUT2D eigenvalue weighted by Crippen LogP contribution is 2.37. The van der Waals surface area contributed by atoms with Gasteiger partial charge in [0.15, 0.2) is 0 Å². The number of ether oxygens (including phenoxy) is 1. The zero-order valence-electron chi connectivity index (χ0n) is 15.6. The number of carbonyl (C=O) groups is 2. The average Bonchev–Trinajstić information content (AvgIpc) is 2.63. The van der Waals surface area contributed by atoms with Crippen LogP contribution in [0.2, 0.25) is 0 Å². The van der Waals surface area contributed by atoms with Gasteiger partial charge in [-0.25, -0.2) is 13.2 Å². The van der Waals surface area contributed by atoms with Crippen LogP contribution in [0.5, 0.6) is 5.75 Å². The molecular weight excluding hydrogens is 411 g/mol. The van der Waals surface area contributed by atoms with Crippen molar-refractivity contribution in [2.24, 2.45) is 5.73 Å². The predicted molar refractivity (Wildman–Crippen MR) is 103 cm³/mol. The van der Waals surface area contributed by atoms with Crippen LogP contribution in [-0.4, -0.2) is 54.9 Å². The van der Waals surface area contributed by atoms with E-state index in [2.05, 4.69) is 5.32 Å². The Morgan fingerprint density at radius 2 is 2.10 bits per heavy atom. The molecule has 160 valence electrons. The number of alkyl halides is 2. The van der Waals surface area contributed by atoms with E-state index < -0.39 is 17.9 Å². The Hall–Kier alpha value is -2.26. The van der Waals surface area contributed by atoms with Gasteiger partial charge in [-0.15, -0.1) is 12.4 Å². The van der Waals surface area contributed by atoms with Gasteiger partial charge in [0.2, 0.25) is 5.91 Å². The van der Waals surface area contributed by atoms with Crippen molar-refractivity contribution in [3.8, 4) is 5.75 Å². The van der Waals surface area contributed by atoms with E-state index in [4.69, 9.17) is 10.5 Å². The molecule has 10 heteroatoms. The molecule has 1 aromatic rings. The summed E-state index contributed by atoms with van der Waals surface area (Å²) in [7, 11) is 0. The number of amides is 2. The fourth-order valence-corrected chi connectivity index (χ4v) is 3.27. The van der Waals surface area contributed by atoms with E-state index in [1.54, 1.807) is 18.2 Å². The van der Waals surface area contributed by atoms with E-state index in [9.17, 15) is 22.8 Å². The molecule has 2 amide bonds. The van der Waals surface area contributed by atoms with E-state index >= 15 is 0 Å². The lowest BCUT2D eigenvalue weighted by Crippen LogP contribution is -2.53. The van der Waals surface area contributed by atoms with Crippen LogP contribution in [0.3, 0.4) is 0 Å². The summed E-state index contributed by atoms with van der Waals surface area (Å²) < 4.78 is 43.7. The van der Waals surface area contributed by atoms with Crippen LogP contribution in [0.25, 0.3) is 0 Å². The number of fused-ring (bicyclic) bond motifs is 1. The van der Waals surface area contributed by atoms with E-state index in [0.29, 0.717) is 36.2 Å². The SMILES string of the molecule is Cl.NC/C(=C\F)COc1ccc2c(c1)CCN(CC(=O)NC1CC(F)(F)C1)C2=O. The monoisotopic (exact) mass is 433 g/mol. The fourth-order valence-electron chi connectivity index (χ4n) is 3.27. The second kappa shape index (κ2) is 9.49. The second-order valence-electron chi connectivity index (χ2n) is 7.08. The number of nitrogens with one attached hydrogen (secondary N) is 1. The number of halogens is 4. The normalized spacial score (nSPS) is 18.4. The summed E-state index contributed by atoms with van der Waals surface area (Å²) in [4.78, 5) is 26.0. The van der Waals surface area contributed by atoms with E-state index in [-0.39, 0.29) is 50.9 Å². The first-order valence-corrected chi connectivity index (χ1v) is 9.01. The maximum absolute atomic E-state index is 12.8. The molecule has 6 nitrogen and oxygen atoms in total. The minimum Gasteiger partial charge on any atom is -0.489 e. The largest absolute Gasteiger partial charge is 0.489 e. The summed E-state index contributed by atoms with van der Waals surface area (Å²) in [6, 6.07) is 4.38. The number of hydrogen-bond donors (Lipinski definition) is 2. The first kappa shape index (κ1) is 23.0. The molecule has 0 bridgehead atoms. The molecule has 1 aromatic carbocycles. The third-order valence-electron chi connectivity index (χ3n) is 4.88. The van der Waals surface area contributed by atoms with Crippen LogP contribution < -0.4 is 15.8 Å². The molecule has 3 N–H and O–H groups in total. The number of nitrogens with two attached hydrogens (primary N) is 1. The summed E-state index contributed by atoms with van der Waals surface area (Å²) in [6.07, 6.45) is 0.217. The van der Waals surface area contributed by atoms with Gasteiger partial charge in [-0.3, -0.25) is 9.59 Å². The first-order valence-electron chi connectivity index (χ1n) is 9.01. The van der Waals surface area contributed by atoms with Gasteiger partial charge in [0.25, 0.3) is 11.8 Å². The molecule has 3 rings (SSSR count). The molecule has 0 saturated heterocycles. The van der Waals surface area contributed by atoms with Gasteiger partial charge in [0.05, 0.1) is 12.9 Å². The number of rotatable bonds is 7. The van der Waals surface area contributed by atoms with Gasteiger partial charge >= 0.3 is 0 Å². The number of carbonyl (C=O) groups excluding carboxylic acids is 2. The van der Waals surface area contributed by atoms with Gasteiger partial charge < -0.3 is 20.7 Å². The minimum atomic E-state index is -2.71. The summed E-state index contributed by atoms with van der Waals surface area (Å²) in [5.74, 6) is -2.95. The molecule has 0 aromatic heterocycles. The van der Waals surface area contributed by atoms with Crippen LogP contribution in [0.4, 0.5) is 13.2 Å². The van der Waals surface area contributed by atoms with Gasteiger partial charge in [-0.2, -0.15) is 0 Å². The number of nitrogens with zero attached hydrogens (tertiary/aromatic N) is 1. The lowest BCUT2D eigenvalue weighted by Gasteiger charge is -2.36. The zero-order chi connectivity index (χ0) is 20.3. The molecule has 1 aliphatic carbocycles. The number of hydrogen-bond acceptors (Lipinski definition) is 4. The maximum atomic E-state index is 12.8. The summed E-state index contributed by atoms with van der Waals surface area (Å²) in [5.41, 5.74) is 6.93. The second-order valence-corrected chi connectivity index (χ2v) is 7.08. The zero-order valence-corrected chi connectivity index (χ0v) is 16.4. The molecule has 0 spiro atoms. The molecular formula is C19H23ClF3N3O3. The lowest BCUT2D eigenvalue weighted by atomic mass is 9.88. The highest BCUT2D eigenvalue weighted by molar-refractivity contribution is 5.99. The molecule has 0 atom stereocenters. The molecule has 0 unspecified atom stereocenters. The van der Waals surface area contributed by atoms with Crippen LogP contribution >= 0.6 is 12.4 Å². The van der Waals surface area contributed by atoms with Crippen LogP contribution in [0.15, 0.2) is 30.1 Å². The van der Waals surface area contributed by atoms with Crippen molar-refractivity contribution in [3.63, 3.8) is 0 Å². The molecule has 0 radical (unpaired) electrons. The van der Waals surface area contributed by atoms with Gasteiger partial charge in [0.1, 0.15) is 12.4 Å². The predicted octanol–water partition coefficient (Wildman–Crippen LogP) is 2.21. The smallest absolute Gasteiger partial charge is 0.254 e. The van der Waals surface area contributed by atoms with E-state index in [1.807, 2.05) is 0 Å². The van der Waals surface area contributed by atoms with Crippen molar-refractivity contribution in [1.82, 2.24) is 10.2 Å². The molecule has 1 fully saturated rings. The fraction of sp³-hybridized carbons (Fsp3) is 0.474. The van der Waals surface area contributed by atoms with Crippen LogP contribution in [0, 0.1) is 0 Å². The standard InChI is InChI=1S/C19H22F3N3O3.ClH/c20-8-12(9-23)11-28-15-1-2-16-13(5-15)3-4-25(18(16)27)10-17(26)24-14-6-19(21,22)7-14;/h1-2,5,8,14H,3-4,6-7,9-11,23H2,(H,24,26);1H/b12-8+;. The quantitative estimate of drug-likeness (QED) is 0.690. The maximum Gasteiger partial charge on any atom is 0.254 e. The molecule has 29 heavy (non-hydrogen) atoms. The molecule has 2 aliphatic rings. The van der Waals surface area contributed by atoms with Crippen molar-refractivity contribution < 1.29 is 27.5 Å². The summed E-state index contributed by atoms with van der Waals surface area (Å²) in [5, 5.41) is 2.53. The van der Waals surface area contributed by atoms with E-state index in [1.165, 1.54) is 4.90 Å². The number of benzene rings is 1.